The van der Waals surface area contributed by atoms with Crippen molar-refractivity contribution in [3.8, 4) is 17.2 Å². The van der Waals surface area contributed by atoms with Crippen molar-refractivity contribution in [1.82, 2.24) is 0 Å². The SMILES string of the molecule is O=c1c(Oc2ccc(N(O)O)cc2)coc2cc([O-])ccc12. The molecule has 0 saturated heterocycles. The first-order valence-electron chi connectivity index (χ1n) is 6.23. The Kier molecular flexibility index (Phi) is 3.42. The van der Waals surface area contributed by atoms with Crippen LogP contribution in [0.1, 0.15) is 0 Å². The lowest BCUT2D eigenvalue weighted by Crippen LogP contribution is -2.10. The third-order valence-corrected chi connectivity index (χ3v) is 3.01. The van der Waals surface area contributed by atoms with E-state index in [4.69, 9.17) is 19.6 Å². The molecule has 7 heteroatoms. The van der Waals surface area contributed by atoms with Crippen LogP contribution in [0.15, 0.2) is 57.9 Å². The van der Waals surface area contributed by atoms with Gasteiger partial charge in [0.2, 0.25) is 11.2 Å². The molecule has 3 aromatic rings. The van der Waals surface area contributed by atoms with Gasteiger partial charge in [0.05, 0.1) is 11.1 Å². The van der Waals surface area contributed by atoms with Gasteiger partial charge in [-0.3, -0.25) is 15.2 Å². The molecule has 0 amide bonds. The standard InChI is InChI=1S/C15H11NO6/c17-10-3-6-12-13(7-10)21-8-14(15(12)18)22-11-4-1-9(2-5-11)16(19)20/h1-8,17,19-20H/p-1. The Morgan fingerprint density at radius 2 is 1.82 bits per heavy atom. The van der Waals surface area contributed by atoms with Crippen molar-refractivity contribution in [3.05, 3.63) is 59.0 Å². The second kappa shape index (κ2) is 5.40. The zero-order chi connectivity index (χ0) is 15.7. The van der Waals surface area contributed by atoms with Crippen molar-refractivity contribution >= 4 is 16.7 Å². The van der Waals surface area contributed by atoms with Gasteiger partial charge in [0, 0.05) is 0 Å². The van der Waals surface area contributed by atoms with Crippen molar-refractivity contribution in [2.24, 2.45) is 0 Å². The fourth-order valence-electron chi connectivity index (χ4n) is 1.94. The number of hydrogen-bond acceptors (Lipinski definition) is 7. The summed E-state index contributed by atoms with van der Waals surface area (Å²) in [6.45, 7) is 0. The van der Waals surface area contributed by atoms with Crippen molar-refractivity contribution < 1.29 is 24.7 Å². The van der Waals surface area contributed by atoms with Crippen LogP contribution in [0.5, 0.6) is 17.2 Å². The Hall–Kier alpha value is -3.03. The molecule has 7 nitrogen and oxygen atoms in total. The largest absolute Gasteiger partial charge is 0.872 e. The van der Waals surface area contributed by atoms with E-state index in [0.29, 0.717) is 5.75 Å². The second-order valence-electron chi connectivity index (χ2n) is 4.47. The Morgan fingerprint density at radius 1 is 1.09 bits per heavy atom. The average molecular weight is 300 g/mol. The second-order valence-corrected chi connectivity index (χ2v) is 4.47. The molecule has 112 valence electrons. The number of hydrogen-bond donors (Lipinski definition) is 2. The number of nitrogens with zero attached hydrogens (tertiary/aromatic N) is 1. The van der Waals surface area contributed by atoms with Crippen LogP contribution in [0.4, 0.5) is 5.69 Å². The molecule has 0 aliphatic heterocycles. The third-order valence-electron chi connectivity index (χ3n) is 3.01. The molecule has 0 atom stereocenters. The summed E-state index contributed by atoms with van der Waals surface area (Å²) in [6, 6.07) is 9.58. The number of anilines is 1. The lowest BCUT2D eigenvalue weighted by atomic mass is 10.2. The van der Waals surface area contributed by atoms with Crippen LogP contribution in [0.25, 0.3) is 11.0 Å². The van der Waals surface area contributed by atoms with Crippen LogP contribution < -0.4 is 20.5 Å². The molecule has 0 aliphatic carbocycles. The predicted molar refractivity (Wildman–Crippen MR) is 74.5 cm³/mol. The summed E-state index contributed by atoms with van der Waals surface area (Å²) in [7, 11) is 0. The van der Waals surface area contributed by atoms with Gasteiger partial charge in [-0.15, -0.1) is 11.0 Å². The molecule has 3 rings (SSSR count). The summed E-state index contributed by atoms with van der Waals surface area (Å²) >= 11 is 0. The fraction of sp³-hybridized carbons (Fsp3) is 0. The van der Waals surface area contributed by atoms with E-state index in [1.807, 2.05) is 0 Å². The van der Waals surface area contributed by atoms with Crippen molar-refractivity contribution in [2.75, 3.05) is 5.23 Å². The van der Waals surface area contributed by atoms with Crippen LogP contribution in [0, 0.1) is 0 Å². The maximum absolute atomic E-state index is 12.2. The molecule has 0 unspecified atom stereocenters. The van der Waals surface area contributed by atoms with Crippen LogP contribution >= 0.6 is 0 Å². The Bertz CT molecular complexity index is 869. The zero-order valence-corrected chi connectivity index (χ0v) is 11.1. The molecule has 0 saturated carbocycles. The summed E-state index contributed by atoms with van der Waals surface area (Å²) < 4.78 is 10.6. The highest BCUT2D eigenvalue weighted by atomic mass is 16.8. The molecular weight excluding hydrogens is 290 g/mol. The number of rotatable bonds is 3. The van der Waals surface area contributed by atoms with Gasteiger partial charge in [-0.25, -0.2) is 0 Å². The molecule has 0 aliphatic rings. The van der Waals surface area contributed by atoms with Crippen LogP contribution in [0.2, 0.25) is 0 Å². The quantitative estimate of drug-likeness (QED) is 0.714. The first kappa shape index (κ1) is 13.9. The highest BCUT2D eigenvalue weighted by Crippen LogP contribution is 2.24. The van der Waals surface area contributed by atoms with E-state index in [9.17, 15) is 9.90 Å². The molecule has 22 heavy (non-hydrogen) atoms. The average Bonchev–Trinajstić information content (AvgIpc) is 2.50. The van der Waals surface area contributed by atoms with E-state index in [1.54, 1.807) is 0 Å². The summed E-state index contributed by atoms with van der Waals surface area (Å²) in [6.07, 6.45) is 1.13. The zero-order valence-electron chi connectivity index (χ0n) is 11.1. The van der Waals surface area contributed by atoms with Gasteiger partial charge in [0.15, 0.2) is 0 Å². The molecule has 0 fully saturated rings. The molecule has 1 aromatic heterocycles. The van der Waals surface area contributed by atoms with Gasteiger partial charge >= 0.3 is 0 Å². The van der Waals surface area contributed by atoms with Crippen molar-refractivity contribution in [2.45, 2.75) is 0 Å². The predicted octanol–water partition coefficient (Wildman–Crippen LogP) is 2.24. The Labute approximate surface area is 123 Å². The first-order valence-corrected chi connectivity index (χ1v) is 6.23. The van der Waals surface area contributed by atoms with Gasteiger partial charge in [0.25, 0.3) is 0 Å². The Balaban J connectivity index is 1.95. The van der Waals surface area contributed by atoms with E-state index < -0.39 is 5.43 Å². The van der Waals surface area contributed by atoms with E-state index in [2.05, 4.69) is 0 Å². The smallest absolute Gasteiger partial charge is 0.235 e. The van der Waals surface area contributed by atoms with E-state index in [-0.39, 0.29) is 33.4 Å². The monoisotopic (exact) mass is 300 g/mol. The summed E-state index contributed by atoms with van der Waals surface area (Å²) in [5.74, 6) is 0.0268. The molecule has 1 heterocycles. The maximum atomic E-state index is 12.2. The molecule has 2 aromatic carbocycles. The molecule has 2 N–H and O–H groups in total. The normalized spacial score (nSPS) is 10.6. The van der Waals surface area contributed by atoms with Gasteiger partial charge in [0.1, 0.15) is 17.6 Å². The highest BCUT2D eigenvalue weighted by Gasteiger charge is 2.09. The van der Waals surface area contributed by atoms with E-state index in [1.165, 1.54) is 42.5 Å². The first-order chi connectivity index (χ1) is 10.5. The van der Waals surface area contributed by atoms with Gasteiger partial charge in [-0.05, 0) is 36.4 Å². The Morgan fingerprint density at radius 3 is 2.50 bits per heavy atom. The molecule has 0 bridgehead atoms. The third kappa shape index (κ3) is 2.58. The van der Waals surface area contributed by atoms with E-state index >= 15 is 0 Å². The number of ether oxygens (including phenoxy) is 1. The fourth-order valence-corrected chi connectivity index (χ4v) is 1.94. The van der Waals surface area contributed by atoms with Crippen LogP contribution in [0.3, 0.4) is 0 Å². The summed E-state index contributed by atoms with van der Waals surface area (Å²) in [4.78, 5) is 12.2. The molecular formula is C15H10NO6-. The topological polar surface area (TPSA) is 106 Å². The maximum Gasteiger partial charge on any atom is 0.235 e. The van der Waals surface area contributed by atoms with Crippen molar-refractivity contribution in [1.29, 1.82) is 0 Å². The number of fused-ring (bicyclic) bond motifs is 1. The lowest BCUT2D eigenvalue weighted by Gasteiger charge is -2.10. The highest BCUT2D eigenvalue weighted by molar-refractivity contribution is 5.78. The minimum Gasteiger partial charge on any atom is -0.872 e. The summed E-state index contributed by atoms with van der Waals surface area (Å²) in [5, 5.41) is 29.1. The van der Waals surface area contributed by atoms with Gasteiger partial charge in [-0.2, -0.15) is 0 Å². The number of benzene rings is 2. The van der Waals surface area contributed by atoms with Gasteiger partial charge in [-0.1, -0.05) is 6.07 Å². The summed E-state index contributed by atoms with van der Waals surface area (Å²) in [5.41, 5.74) is -0.0754. The molecule has 0 spiro atoms. The van der Waals surface area contributed by atoms with Gasteiger partial charge < -0.3 is 14.3 Å². The minimum atomic E-state index is -0.406. The van der Waals surface area contributed by atoms with E-state index in [0.717, 1.165) is 6.26 Å². The van der Waals surface area contributed by atoms with Crippen molar-refractivity contribution in [3.63, 3.8) is 0 Å². The minimum absolute atomic E-state index is 0.0331. The molecule has 0 radical (unpaired) electrons. The van der Waals surface area contributed by atoms with Crippen LogP contribution in [-0.4, -0.2) is 10.4 Å². The van der Waals surface area contributed by atoms with Crippen LogP contribution in [-0.2, 0) is 0 Å². The lowest BCUT2D eigenvalue weighted by molar-refractivity contribution is -0.268.